The summed E-state index contributed by atoms with van der Waals surface area (Å²) >= 11 is 1.60. The van der Waals surface area contributed by atoms with E-state index in [0.29, 0.717) is 37.3 Å². The SMILES string of the molecule is COc1ccc(S(=O)(=O)N2CCCC2C(=O)NCCc2[nH]cnc2-c2cccs2)cc1OC. The Labute approximate surface area is 196 Å². The summed E-state index contributed by atoms with van der Waals surface area (Å²) in [6.07, 6.45) is 3.30. The van der Waals surface area contributed by atoms with E-state index in [-0.39, 0.29) is 17.3 Å². The fraction of sp³-hybridized carbons (Fsp3) is 0.364. The Bertz CT molecular complexity index is 1210. The molecule has 0 bridgehead atoms. The molecule has 0 spiro atoms. The number of methoxy groups -OCH3 is 2. The molecule has 9 nitrogen and oxygen atoms in total. The molecule has 176 valence electrons. The van der Waals surface area contributed by atoms with Crippen LogP contribution >= 0.6 is 11.3 Å². The molecule has 1 atom stereocenters. The second-order valence-electron chi connectivity index (χ2n) is 7.54. The molecular weight excluding hydrogens is 464 g/mol. The van der Waals surface area contributed by atoms with Crippen LogP contribution in [-0.2, 0) is 21.2 Å². The Morgan fingerprint density at radius 2 is 2.09 bits per heavy atom. The Morgan fingerprint density at radius 1 is 1.27 bits per heavy atom. The molecule has 3 heterocycles. The summed E-state index contributed by atoms with van der Waals surface area (Å²) in [5, 5.41) is 4.88. The van der Waals surface area contributed by atoms with Crippen molar-refractivity contribution in [3.8, 4) is 22.1 Å². The molecular formula is C22H26N4O5S2. The van der Waals surface area contributed by atoms with Gasteiger partial charge in [0.1, 0.15) is 11.7 Å². The van der Waals surface area contributed by atoms with Crippen molar-refractivity contribution in [2.75, 3.05) is 27.3 Å². The number of hydrogen-bond acceptors (Lipinski definition) is 7. The molecule has 0 saturated carbocycles. The quantitative estimate of drug-likeness (QED) is 0.477. The lowest BCUT2D eigenvalue weighted by Crippen LogP contribution is -2.46. The minimum absolute atomic E-state index is 0.0675. The average molecular weight is 491 g/mol. The maximum atomic E-state index is 13.3. The molecule has 2 aromatic heterocycles. The van der Waals surface area contributed by atoms with Crippen molar-refractivity contribution < 1.29 is 22.7 Å². The summed E-state index contributed by atoms with van der Waals surface area (Å²) in [6, 6.07) is 7.65. The Hall–Kier alpha value is -2.89. The van der Waals surface area contributed by atoms with Gasteiger partial charge in [-0.05, 0) is 36.4 Å². The average Bonchev–Trinajstić information content (AvgIpc) is 3.59. The zero-order chi connectivity index (χ0) is 23.4. The van der Waals surface area contributed by atoms with E-state index in [1.807, 2.05) is 17.5 Å². The molecule has 1 aliphatic rings. The zero-order valence-corrected chi connectivity index (χ0v) is 20.0. The van der Waals surface area contributed by atoms with Gasteiger partial charge in [-0.25, -0.2) is 13.4 Å². The van der Waals surface area contributed by atoms with Gasteiger partial charge in [-0.1, -0.05) is 6.07 Å². The molecule has 4 rings (SSSR count). The van der Waals surface area contributed by atoms with Gasteiger partial charge in [0.05, 0.1) is 30.3 Å². The zero-order valence-electron chi connectivity index (χ0n) is 18.4. The smallest absolute Gasteiger partial charge is 0.243 e. The summed E-state index contributed by atoms with van der Waals surface area (Å²) in [5.41, 5.74) is 1.80. The van der Waals surface area contributed by atoms with E-state index in [2.05, 4.69) is 15.3 Å². The summed E-state index contributed by atoms with van der Waals surface area (Å²) in [5.74, 6) is 0.460. The molecule has 1 unspecified atom stereocenters. The summed E-state index contributed by atoms with van der Waals surface area (Å²) in [6.45, 7) is 0.665. The molecule has 1 aromatic carbocycles. The van der Waals surface area contributed by atoms with Gasteiger partial charge in [0, 0.05) is 31.3 Å². The van der Waals surface area contributed by atoms with E-state index in [9.17, 15) is 13.2 Å². The number of imidazole rings is 1. The van der Waals surface area contributed by atoms with Crippen molar-refractivity contribution in [1.29, 1.82) is 0 Å². The van der Waals surface area contributed by atoms with Crippen LogP contribution in [-0.4, -0.2) is 61.9 Å². The lowest BCUT2D eigenvalue weighted by atomic mass is 10.2. The van der Waals surface area contributed by atoms with Crippen molar-refractivity contribution in [3.05, 3.63) is 47.7 Å². The number of carbonyl (C=O) groups excluding carboxylic acids is 1. The fourth-order valence-electron chi connectivity index (χ4n) is 3.97. The molecule has 1 fully saturated rings. The topological polar surface area (TPSA) is 114 Å². The number of rotatable bonds is 9. The molecule has 11 heteroatoms. The first kappa shape index (κ1) is 23.3. The van der Waals surface area contributed by atoms with Crippen LogP contribution in [0, 0.1) is 0 Å². The van der Waals surface area contributed by atoms with Crippen LogP contribution in [0.2, 0.25) is 0 Å². The van der Waals surface area contributed by atoms with Gasteiger partial charge in [0.25, 0.3) is 0 Å². The van der Waals surface area contributed by atoms with Gasteiger partial charge < -0.3 is 19.8 Å². The predicted octanol–water partition coefficient (Wildman–Crippen LogP) is 2.67. The number of nitrogens with zero attached hydrogens (tertiary/aromatic N) is 2. The lowest BCUT2D eigenvalue weighted by molar-refractivity contribution is -0.124. The number of sulfonamides is 1. The molecule has 0 radical (unpaired) electrons. The van der Waals surface area contributed by atoms with E-state index in [1.54, 1.807) is 23.7 Å². The highest BCUT2D eigenvalue weighted by molar-refractivity contribution is 7.89. The first-order valence-electron chi connectivity index (χ1n) is 10.5. The predicted molar refractivity (Wildman–Crippen MR) is 125 cm³/mol. The number of carbonyl (C=O) groups is 1. The molecule has 1 amide bonds. The Balaban J connectivity index is 1.43. The number of benzene rings is 1. The van der Waals surface area contributed by atoms with E-state index < -0.39 is 16.1 Å². The van der Waals surface area contributed by atoms with Gasteiger partial charge in [0.15, 0.2) is 11.5 Å². The lowest BCUT2D eigenvalue weighted by Gasteiger charge is -2.24. The summed E-state index contributed by atoms with van der Waals surface area (Å²) < 4.78 is 38.3. The number of hydrogen-bond donors (Lipinski definition) is 2. The van der Waals surface area contributed by atoms with Crippen molar-refractivity contribution >= 4 is 27.3 Å². The maximum absolute atomic E-state index is 13.3. The van der Waals surface area contributed by atoms with Gasteiger partial charge in [-0.2, -0.15) is 4.31 Å². The maximum Gasteiger partial charge on any atom is 0.243 e. The van der Waals surface area contributed by atoms with E-state index in [1.165, 1.54) is 30.7 Å². The van der Waals surface area contributed by atoms with Crippen LogP contribution in [0.5, 0.6) is 11.5 Å². The van der Waals surface area contributed by atoms with Gasteiger partial charge in [0.2, 0.25) is 15.9 Å². The number of thiophene rings is 1. The number of H-pyrrole nitrogens is 1. The highest BCUT2D eigenvalue weighted by atomic mass is 32.2. The molecule has 3 aromatic rings. The van der Waals surface area contributed by atoms with Crippen molar-refractivity contribution in [1.82, 2.24) is 19.6 Å². The van der Waals surface area contributed by atoms with Crippen LogP contribution < -0.4 is 14.8 Å². The number of ether oxygens (including phenoxy) is 2. The van der Waals surface area contributed by atoms with Crippen LogP contribution in [0.3, 0.4) is 0 Å². The number of amides is 1. The second kappa shape index (κ2) is 9.94. The minimum Gasteiger partial charge on any atom is -0.493 e. The highest BCUT2D eigenvalue weighted by Gasteiger charge is 2.39. The largest absolute Gasteiger partial charge is 0.493 e. The summed E-state index contributed by atoms with van der Waals surface area (Å²) in [4.78, 5) is 21.5. The molecule has 1 aliphatic heterocycles. The monoisotopic (exact) mass is 490 g/mol. The van der Waals surface area contributed by atoms with Crippen LogP contribution in [0.15, 0.2) is 46.9 Å². The second-order valence-corrected chi connectivity index (χ2v) is 10.4. The van der Waals surface area contributed by atoms with Crippen molar-refractivity contribution in [3.63, 3.8) is 0 Å². The summed E-state index contributed by atoms with van der Waals surface area (Å²) in [7, 11) is -0.939. The molecule has 1 saturated heterocycles. The van der Waals surface area contributed by atoms with Crippen LogP contribution in [0.4, 0.5) is 0 Å². The van der Waals surface area contributed by atoms with Crippen molar-refractivity contribution in [2.24, 2.45) is 0 Å². The number of aromatic nitrogens is 2. The third-order valence-corrected chi connectivity index (χ3v) is 8.40. The third-order valence-electron chi connectivity index (χ3n) is 5.62. The van der Waals surface area contributed by atoms with Crippen molar-refractivity contribution in [2.45, 2.75) is 30.2 Å². The van der Waals surface area contributed by atoms with Gasteiger partial charge >= 0.3 is 0 Å². The highest BCUT2D eigenvalue weighted by Crippen LogP contribution is 2.33. The van der Waals surface area contributed by atoms with E-state index >= 15 is 0 Å². The molecule has 33 heavy (non-hydrogen) atoms. The number of nitrogens with one attached hydrogen (secondary N) is 2. The molecule has 2 N–H and O–H groups in total. The normalized spacial score (nSPS) is 16.6. The first-order chi connectivity index (χ1) is 16.0. The van der Waals surface area contributed by atoms with E-state index in [4.69, 9.17) is 9.47 Å². The van der Waals surface area contributed by atoms with Gasteiger partial charge in [-0.3, -0.25) is 4.79 Å². The van der Waals surface area contributed by atoms with Crippen LogP contribution in [0.25, 0.3) is 10.6 Å². The Kier molecular flexibility index (Phi) is 7.01. The fourth-order valence-corrected chi connectivity index (χ4v) is 6.39. The first-order valence-corrected chi connectivity index (χ1v) is 12.9. The van der Waals surface area contributed by atoms with Crippen LogP contribution in [0.1, 0.15) is 18.5 Å². The standard InChI is InChI=1S/C22H26N4O5S2/c1-30-18-8-7-15(13-19(18)31-2)33(28,29)26-11-3-5-17(26)22(27)23-10-9-16-21(25-14-24-16)20-6-4-12-32-20/h4,6-8,12-14,17H,3,5,9-11H2,1-2H3,(H,23,27)(H,24,25). The van der Waals surface area contributed by atoms with E-state index in [0.717, 1.165) is 16.3 Å². The molecule has 0 aliphatic carbocycles. The Morgan fingerprint density at radius 3 is 2.82 bits per heavy atom. The number of aromatic amines is 1. The minimum atomic E-state index is -3.87. The third kappa shape index (κ3) is 4.75. The van der Waals surface area contributed by atoms with Gasteiger partial charge in [-0.15, -0.1) is 11.3 Å².